The van der Waals surface area contributed by atoms with Crippen LogP contribution in [0.1, 0.15) is 39.5 Å². The fourth-order valence-electron chi connectivity index (χ4n) is 5.13. The summed E-state index contributed by atoms with van der Waals surface area (Å²) in [6.07, 6.45) is 17.9. The van der Waals surface area contributed by atoms with Crippen molar-refractivity contribution < 1.29 is 19.1 Å². The van der Waals surface area contributed by atoms with E-state index in [0.717, 1.165) is 58.5 Å². The standard InChI is InChI=1S/C31H37NO4/c1-6-23-12-14-27-25(18-24-11-8-7-10-21(2)31(36-5)22(24)3)19-26(30(27)28(33)15-13-23)20-29(34)32-16-9-17-35-4/h6-8,10-12,14-15,25-26H,1,9,16-20H2,2-5H3,(H,32,34). The number of allylic oxidation sites excluding steroid dienone is 13. The molecule has 0 aliphatic heterocycles. The molecule has 0 saturated heterocycles. The molecule has 2 unspecified atom stereocenters. The van der Waals surface area contributed by atoms with Gasteiger partial charge in [0.25, 0.3) is 0 Å². The maximum absolute atomic E-state index is 13.3. The second kappa shape index (κ2) is 13.1. The molecular formula is C31H37NO4. The van der Waals surface area contributed by atoms with Crippen LogP contribution in [0.3, 0.4) is 0 Å². The molecule has 3 rings (SSSR count). The van der Waals surface area contributed by atoms with Crippen molar-refractivity contribution in [3.63, 3.8) is 0 Å². The summed E-state index contributed by atoms with van der Waals surface area (Å²) in [5.74, 6) is 0.698. The van der Waals surface area contributed by atoms with E-state index in [1.165, 1.54) is 6.08 Å². The lowest BCUT2D eigenvalue weighted by atomic mass is 9.87. The largest absolute Gasteiger partial charge is 0.496 e. The van der Waals surface area contributed by atoms with Crippen molar-refractivity contribution in [2.75, 3.05) is 27.4 Å². The molecule has 0 saturated carbocycles. The van der Waals surface area contributed by atoms with Gasteiger partial charge >= 0.3 is 0 Å². The van der Waals surface area contributed by atoms with Gasteiger partial charge < -0.3 is 14.8 Å². The molecule has 0 heterocycles. The monoisotopic (exact) mass is 487 g/mol. The first kappa shape index (κ1) is 27.2. The number of hydrogen-bond acceptors (Lipinski definition) is 4. The Morgan fingerprint density at radius 3 is 2.67 bits per heavy atom. The first-order chi connectivity index (χ1) is 17.4. The average Bonchev–Trinajstić information content (AvgIpc) is 3.17. The molecule has 0 spiro atoms. The Labute approximate surface area is 215 Å². The fraction of sp³-hybridized carbons (Fsp3) is 0.387. The molecule has 190 valence electrons. The number of ketones is 1. The van der Waals surface area contributed by atoms with Crippen LogP contribution in [0.15, 0.2) is 100 Å². The summed E-state index contributed by atoms with van der Waals surface area (Å²) in [7, 11) is 3.34. The van der Waals surface area contributed by atoms with E-state index >= 15 is 0 Å². The van der Waals surface area contributed by atoms with E-state index in [0.29, 0.717) is 13.2 Å². The summed E-state index contributed by atoms with van der Waals surface area (Å²) in [5.41, 5.74) is 8.84. The maximum Gasteiger partial charge on any atom is 0.220 e. The fourth-order valence-corrected chi connectivity index (χ4v) is 5.13. The number of amides is 1. The summed E-state index contributed by atoms with van der Waals surface area (Å²) in [6, 6.07) is 0. The van der Waals surface area contributed by atoms with Gasteiger partial charge in [-0.15, -0.1) is 5.73 Å². The lowest BCUT2D eigenvalue weighted by Gasteiger charge is -2.19. The Morgan fingerprint density at radius 2 is 1.94 bits per heavy atom. The Bertz CT molecular complexity index is 1150. The summed E-state index contributed by atoms with van der Waals surface area (Å²) >= 11 is 0. The van der Waals surface area contributed by atoms with E-state index < -0.39 is 0 Å². The molecule has 1 amide bonds. The number of carbonyl (C=O) groups excluding carboxylic acids is 2. The van der Waals surface area contributed by atoms with Crippen LogP contribution in [0.2, 0.25) is 0 Å². The van der Waals surface area contributed by atoms with Crippen molar-refractivity contribution in [3.05, 3.63) is 100 Å². The number of hydrogen-bond donors (Lipinski definition) is 1. The summed E-state index contributed by atoms with van der Waals surface area (Å²) in [5, 5.41) is 2.97. The average molecular weight is 488 g/mol. The first-order valence-corrected chi connectivity index (χ1v) is 12.5. The number of carbonyl (C=O) groups is 2. The molecule has 0 bridgehead atoms. The van der Waals surface area contributed by atoms with E-state index in [-0.39, 0.29) is 29.9 Å². The third-order valence-electron chi connectivity index (χ3n) is 6.91. The lowest BCUT2D eigenvalue weighted by Crippen LogP contribution is -2.28. The van der Waals surface area contributed by atoms with Crippen LogP contribution in [0.5, 0.6) is 0 Å². The minimum absolute atomic E-state index is 0.0413. The summed E-state index contributed by atoms with van der Waals surface area (Å²) < 4.78 is 10.8. The molecule has 5 nitrogen and oxygen atoms in total. The zero-order chi connectivity index (χ0) is 26.1. The van der Waals surface area contributed by atoms with Gasteiger partial charge in [-0.05, 0) is 73.3 Å². The zero-order valence-corrected chi connectivity index (χ0v) is 21.9. The molecule has 0 radical (unpaired) electrons. The molecule has 36 heavy (non-hydrogen) atoms. The SMILES string of the molecule is C=CC1=C=CC(=O)C2=C(C=C1)C(CC1=C(C)C(OC)=C(C)C=CC=C1)CC2CC(=O)NCCCOC. The van der Waals surface area contributed by atoms with Gasteiger partial charge in [-0.25, -0.2) is 0 Å². The normalized spacial score (nSPS) is 21.7. The summed E-state index contributed by atoms with van der Waals surface area (Å²) in [6.45, 7) is 9.11. The maximum atomic E-state index is 13.3. The lowest BCUT2D eigenvalue weighted by molar-refractivity contribution is -0.121. The van der Waals surface area contributed by atoms with E-state index in [4.69, 9.17) is 9.47 Å². The van der Waals surface area contributed by atoms with Crippen molar-refractivity contribution in [3.8, 4) is 0 Å². The highest BCUT2D eigenvalue weighted by Gasteiger charge is 2.37. The van der Waals surface area contributed by atoms with Gasteiger partial charge in [0.1, 0.15) is 5.76 Å². The van der Waals surface area contributed by atoms with Gasteiger partial charge in [0.15, 0.2) is 5.78 Å². The Balaban J connectivity index is 1.93. The van der Waals surface area contributed by atoms with Crippen molar-refractivity contribution in [1.29, 1.82) is 0 Å². The van der Waals surface area contributed by atoms with Gasteiger partial charge in [0, 0.05) is 43.9 Å². The van der Waals surface area contributed by atoms with Crippen molar-refractivity contribution >= 4 is 11.7 Å². The molecule has 3 aliphatic rings. The molecule has 3 aliphatic carbocycles. The number of ether oxygens (including phenoxy) is 2. The van der Waals surface area contributed by atoms with Crippen LogP contribution in [-0.4, -0.2) is 39.1 Å². The Hall–Kier alpha value is -3.40. The molecule has 0 aromatic rings. The van der Waals surface area contributed by atoms with E-state index in [1.54, 1.807) is 20.3 Å². The molecule has 0 aromatic carbocycles. The predicted molar refractivity (Wildman–Crippen MR) is 144 cm³/mol. The smallest absolute Gasteiger partial charge is 0.220 e. The highest BCUT2D eigenvalue weighted by atomic mass is 16.5. The van der Waals surface area contributed by atoms with Crippen LogP contribution in [0.4, 0.5) is 0 Å². The summed E-state index contributed by atoms with van der Waals surface area (Å²) in [4.78, 5) is 26.0. The van der Waals surface area contributed by atoms with Crippen LogP contribution in [0.25, 0.3) is 0 Å². The quantitative estimate of drug-likeness (QED) is 0.321. The third kappa shape index (κ3) is 6.63. The van der Waals surface area contributed by atoms with Gasteiger partial charge in [-0.2, -0.15) is 0 Å². The second-order valence-electron chi connectivity index (χ2n) is 9.33. The van der Waals surface area contributed by atoms with Gasteiger partial charge in [-0.1, -0.05) is 43.0 Å². The van der Waals surface area contributed by atoms with Crippen LogP contribution in [-0.2, 0) is 19.1 Å². The Morgan fingerprint density at radius 1 is 1.17 bits per heavy atom. The third-order valence-corrected chi connectivity index (χ3v) is 6.91. The van der Waals surface area contributed by atoms with Gasteiger partial charge in [0.05, 0.1) is 7.11 Å². The minimum atomic E-state index is -0.148. The van der Waals surface area contributed by atoms with Crippen LogP contribution in [0, 0.1) is 11.8 Å². The molecule has 0 aromatic heterocycles. The predicted octanol–water partition coefficient (Wildman–Crippen LogP) is 5.62. The number of rotatable bonds is 10. The van der Waals surface area contributed by atoms with Gasteiger partial charge in [0.2, 0.25) is 5.91 Å². The molecule has 0 fully saturated rings. The highest BCUT2D eigenvalue weighted by Crippen LogP contribution is 2.44. The molecule has 5 heteroatoms. The first-order valence-electron chi connectivity index (χ1n) is 12.5. The van der Waals surface area contributed by atoms with Crippen LogP contribution < -0.4 is 5.32 Å². The number of methoxy groups -OCH3 is 2. The molecular weight excluding hydrogens is 450 g/mol. The second-order valence-corrected chi connectivity index (χ2v) is 9.33. The molecule has 2 atom stereocenters. The van der Waals surface area contributed by atoms with Crippen LogP contribution >= 0.6 is 0 Å². The van der Waals surface area contributed by atoms with Gasteiger partial charge in [-0.3, -0.25) is 9.59 Å². The van der Waals surface area contributed by atoms with Crippen molar-refractivity contribution in [2.45, 2.75) is 39.5 Å². The van der Waals surface area contributed by atoms with E-state index in [2.05, 4.69) is 30.6 Å². The molecule has 1 N–H and O–H groups in total. The van der Waals surface area contributed by atoms with E-state index in [1.807, 2.05) is 37.3 Å². The Kier molecular flexibility index (Phi) is 9.86. The zero-order valence-electron chi connectivity index (χ0n) is 21.9. The minimum Gasteiger partial charge on any atom is -0.496 e. The van der Waals surface area contributed by atoms with Crippen molar-refractivity contribution in [2.24, 2.45) is 11.8 Å². The highest BCUT2D eigenvalue weighted by molar-refractivity contribution is 6.06. The van der Waals surface area contributed by atoms with Crippen molar-refractivity contribution in [1.82, 2.24) is 5.32 Å². The topological polar surface area (TPSA) is 64.6 Å². The van der Waals surface area contributed by atoms with E-state index in [9.17, 15) is 9.59 Å². The number of nitrogens with one attached hydrogen (secondary N) is 1.